The van der Waals surface area contributed by atoms with E-state index >= 15 is 0 Å². The van der Waals surface area contributed by atoms with Crippen LogP contribution in [-0.4, -0.2) is 37.0 Å². The van der Waals surface area contributed by atoms with Gasteiger partial charge in [0.25, 0.3) is 0 Å². The highest BCUT2D eigenvalue weighted by Gasteiger charge is 2.33. The Balaban J connectivity index is 0.00000225. The van der Waals surface area contributed by atoms with Crippen LogP contribution < -0.4 is 10.6 Å². The summed E-state index contributed by atoms with van der Waals surface area (Å²) in [6.07, 6.45) is 3.96. The third-order valence-corrected chi connectivity index (χ3v) is 5.35. The fourth-order valence-corrected chi connectivity index (χ4v) is 3.63. The molecule has 1 aromatic rings. The van der Waals surface area contributed by atoms with Crippen LogP contribution in [0.25, 0.3) is 0 Å². The molecule has 0 radical (unpaired) electrons. The second-order valence-electron chi connectivity index (χ2n) is 7.64. The Bertz CT molecular complexity index is 575. The SMILES string of the molecule is CN=C(NCc1ccccc1CN1CCCC(C)C1)NC1CC1C.I. The fourth-order valence-electron chi connectivity index (χ4n) is 3.63. The van der Waals surface area contributed by atoms with Gasteiger partial charge in [-0.3, -0.25) is 9.89 Å². The highest BCUT2D eigenvalue weighted by atomic mass is 127. The first-order chi connectivity index (χ1) is 11.7. The zero-order valence-electron chi connectivity index (χ0n) is 15.8. The summed E-state index contributed by atoms with van der Waals surface area (Å²) in [4.78, 5) is 6.96. The van der Waals surface area contributed by atoms with Crippen LogP contribution in [-0.2, 0) is 13.1 Å². The number of likely N-dealkylation sites (tertiary alicyclic amines) is 1. The van der Waals surface area contributed by atoms with Gasteiger partial charge in [0.05, 0.1) is 0 Å². The monoisotopic (exact) mass is 456 g/mol. The highest BCUT2D eigenvalue weighted by Crippen LogP contribution is 2.28. The number of nitrogens with one attached hydrogen (secondary N) is 2. The van der Waals surface area contributed by atoms with E-state index in [4.69, 9.17) is 0 Å². The molecule has 5 heteroatoms. The Morgan fingerprint density at radius 1 is 1.24 bits per heavy atom. The van der Waals surface area contributed by atoms with Crippen molar-refractivity contribution in [3.05, 3.63) is 35.4 Å². The zero-order valence-corrected chi connectivity index (χ0v) is 18.1. The van der Waals surface area contributed by atoms with Gasteiger partial charge in [-0.15, -0.1) is 24.0 Å². The van der Waals surface area contributed by atoms with E-state index in [-0.39, 0.29) is 24.0 Å². The van der Waals surface area contributed by atoms with Crippen molar-refractivity contribution >= 4 is 29.9 Å². The number of aliphatic imine (C=N–C) groups is 1. The average molecular weight is 456 g/mol. The molecule has 0 spiro atoms. The number of rotatable bonds is 5. The van der Waals surface area contributed by atoms with Crippen LogP contribution in [0.15, 0.2) is 29.3 Å². The van der Waals surface area contributed by atoms with Crippen molar-refractivity contribution in [2.75, 3.05) is 20.1 Å². The van der Waals surface area contributed by atoms with Crippen LogP contribution in [0.2, 0.25) is 0 Å². The first kappa shape index (κ1) is 20.5. The summed E-state index contributed by atoms with van der Waals surface area (Å²) >= 11 is 0. The second kappa shape index (κ2) is 9.76. The van der Waals surface area contributed by atoms with E-state index in [9.17, 15) is 0 Å². The predicted molar refractivity (Wildman–Crippen MR) is 116 cm³/mol. The Kier molecular flexibility index (Phi) is 8.00. The summed E-state index contributed by atoms with van der Waals surface area (Å²) in [5.41, 5.74) is 2.82. The molecule has 1 heterocycles. The lowest BCUT2D eigenvalue weighted by Gasteiger charge is -2.31. The minimum Gasteiger partial charge on any atom is -0.353 e. The van der Waals surface area contributed by atoms with Crippen LogP contribution in [0.4, 0.5) is 0 Å². The van der Waals surface area contributed by atoms with Gasteiger partial charge in [-0.25, -0.2) is 0 Å². The number of nitrogens with zero attached hydrogens (tertiary/aromatic N) is 2. The number of piperidine rings is 1. The van der Waals surface area contributed by atoms with E-state index in [0.29, 0.717) is 6.04 Å². The molecule has 3 rings (SSSR count). The van der Waals surface area contributed by atoms with Gasteiger partial charge in [0.2, 0.25) is 0 Å². The summed E-state index contributed by atoms with van der Waals surface area (Å²) in [5.74, 6) is 2.52. The number of hydrogen-bond donors (Lipinski definition) is 2. The summed E-state index contributed by atoms with van der Waals surface area (Å²) in [5, 5.41) is 6.98. The minimum absolute atomic E-state index is 0. The molecule has 1 aromatic carbocycles. The molecular formula is C20H33IN4. The van der Waals surface area contributed by atoms with E-state index in [1.165, 1.54) is 43.5 Å². The number of hydrogen-bond acceptors (Lipinski definition) is 2. The van der Waals surface area contributed by atoms with Gasteiger partial charge in [0.1, 0.15) is 0 Å². The summed E-state index contributed by atoms with van der Waals surface area (Å²) < 4.78 is 0. The standard InChI is InChI=1S/C20H32N4.HI/c1-15-7-6-10-24(13-15)14-18-9-5-4-8-17(18)12-22-20(21-3)23-19-11-16(19)2;/h4-5,8-9,15-16,19H,6-7,10-14H2,1-3H3,(H2,21,22,23);1H. The molecular weight excluding hydrogens is 423 g/mol. The molecule has 0 aromatic heterocycles. The van der Waals surface area contributed by atoms with Crippen molar-refractivity contribution in [1.82, 2.24) is 15.5 Å². The van der Waals surface area contributed by atoms with Crippen LogP contribution in [0.3, 0.4) is 0 Å². The summed E-state index contributed by atoms with van der Waals surface area (Å²) in [6, 6.07) is 9.41. The van der Waals surface area contributed by atoms with Crippen molar-refractivity contribution in [3.8, 4) is 0 Å². The second-order valence-corrected chi connectivity index (χ2v) is 7.64. The lowest BCUT2D eigenvalue weighted by Crippen LogP contribution is -2.39. The van der Waals surface area contributed by atoms with Gasteiger partial charge >= 0.3 is 0 Å². The molecule has 3 atom stereocenters. The van der Waals surface area contributed by atoms with Crippen molar-refractivity contribution in [2.24, 2.45) is 16.8 Å². The molecule has 1 saturated heterocycles. The lowest BCUT2D eigenvalue weighted by molar-refractivity contribution is 0.176. The normalized spacial score (nSPS) is 26.7. The molecule has 0 amide bonds. The highest BCUT2D eigenvalue weighted by molar-refractivity contribution is 14.0. The van der Waals surface area contributed by atoms with E-state index in [0.717, 1.165) is 30.9 Å². The third kappa shape index (κ3) is 6.13. The Morgan fingerprint density at radius 3 is 2.60 bits per heavy atom. The van der Waals surface area contributed by atoms with Crippen LogP contribution >= 0.6 is 24.0 Å². The van der Waals surface area contributed by atoms with Crippen molar-refractivity contribution in [2.45, 2.75) is 52.2 Å². The third-order valence-electron chi connectivity index (χ3n) is 5.35. The van der Waals surface area contributed by atoms with Crippen LogP contribution in [0, 0.1) is 11.8 Å². The quantitative estimate of drug-likeness (QED) is 0.404. The van der Waals surface area contributed by atoms with Gasteiger partial charge in [-0.05, 0) is 48.8 Å². The summed E-state index contributed by atoms with van der Waals surface area (Å²) in [7, 11) is 1.85. The van der Waals surface area contributed by atoms with E-state index < -0.39 is 0 Å². The van der Waals surface area contributed by atoms with Crippen LogP contribution in [0.1, 0.15) is 44.2 Å². The van der Waals surface area contributed by atoms with Crippen molar-refractivity contribution < 1.29 is 0 Å². The number of guanidine groups is 1. The topological polar surface area (TPSA) is 39.7 Å². The first-order valence-corrected chi connectivity index (χ1v) is 9.42. The largest absolute Gasteiger partial charge is 0.353 e. The van der Waals surface area contributed by atoms with E-state index in [1.54, 1.807) is 0 Å². The zero-order chi connectivity index (χ0) is 16.9. The maximum atomic E-state index is 4.36. The molecule has 3 unspecified atom stereocenters. The molecule has 2 N–H and O–H groups in total. The smallest absolute Gasteiger partial charge is 0.191 e. The molecule has 25 heavy (non-hydrogen) atoms. The Hall–Kier alpha value is -0.820. The van der Waals surface area contributed by atoms with Gasteiger partial charge in [0, 0.05) is 32.7 Å². The molecule has 2 fully saturated rings. The van der Waals surface area contributed by atoms with E-state index in [1.807, 2.05) is 7.05 Å². The maximum absolute atomic E-state index is 4.36. The number of benzene rings is 1. The fraction of sp³-hybridized carbons (Fsp3) is 0.650. The number of halogens is 1. The van der Waals surface area contributed by atoms with Gasteiger partial charge < -0.3 is 10.6 Å². The molecule has 1 saturated carbocycles. The van der Waals surface area contributed by atoms with Gasteiger partial charge in [0.15, 0.2) is 5.96 Å². The Morgan fingerprint density at radius 2 is 1.96 bits per heavy atom. The molecule has 1 aliphatic carbocycles. The Labute approximate surface area is 169 Å². The maximum Gasteiger partial charge on any atom is 0.191 e. The molecule has 140 valence electrons. The molecule has 1 aliphatic heterocycles. The molecule has 2 aliphatic rings. The average Bonchev–Trinajstić information content (AvgIpc) is 3.27. The van der Waals surface area contributed by atoms with Crippen molar-refractivity contribution in [3.63, 3.8) is 0 Å². The van der Waals surface area contributed by atoms with Gasteiger partial charge in [-0.2, -0.15) is 0 Å². The first-order valence-electron chi connectivity index (χ1n) is 9.42. The lowest BCUT2D eigenvalue weighted by atomic mass is 9.99. The molecule has 0 bridgehead atoms. The van der Waals surface area contributed by atoms with E-state index in [2.05, 4.69) is 58.6 Å². The predicted octanol–water partition coefficient (Wildman–Crippen LogP) is 3.61. The van der Waals surface area contributed by atoms with Crippen LogP contribution in [0.5, 0.6) is 0 Å². The summed E-state index contributed by atoms with van der Waals surface area (Å²) in [6.45, 7) is 9.00. The van der Waals surface area contributed by atoms with Gasteiger partial charge in [-0.1, -0.05) is 38.1 Å². The minimum atomic E-state index is 0. The molecule has 4 nitrogen and oxygen atoms in total. The van der Waals surface area contributed by atoms with Crippen molar-refractivity contribution in [1.29, 1.82) is 0 Å².